The van der Waals surface area contributed by atoms with E-state index in [4.69, 9.17) is 18.9 Å². The number of rotatable bonds is 9. The predicted molar refractivity (Wildman–Crippen MR) is 157 cm³/mol. The molecule has 0 spiro atoms. The van der Waals surface area contributed by atoms with Crippen LogP contribution in [0.2, 0.25) is 0 Å². The standard InChI is InChI=1S/C31H31F6N5O6/c1-4-19-14-21(26-22(6-7-25(41-26)45-3)42(19)29(44)46-5-2)40-28-38-15-24(48-23-8-9-47-27(23)43)20(39-28)12-16-10-17(30(32,33)34)13-18(11-16)31(35,36)37/h6-7,10-11,13,15,19,21,23H,4-5,8-9,12,14H2,1-3H3,(H,38,39,40)/t19-,21+,23?/m1/s1. The minimum Gasteiger partial charge on any atom is -0.481 e. The van der Waals surface area contributed by atoms with Gasteiger partial charge in [-0.2, -0.15) is 26.3 Å². The molecule has 17 heteroatoms. The summed E-state index contributed by atoms with van der Waals surface area (Å²) in [6.07, 6.45) is -10.1. The van der Waals surface area contributed by atoms with Crippen LogP contribution in [0.25, 0.3) is 0 Å². The molecule has 258 valence electrons. The smallest absolute Gasteiger partial charge is 0.416 e. The molecule has 3 aromatic rings. The van der Waals surface area contributed by atoms with E-state index >= 15 is 0 Å². The third-order valence-electron chi connectivity index (χ3n) is 7.79. The van der Waals surface area contributed by atoms with Crippen LogP contribution >= 0.6 is 0 Å². The Morgan fingerprint density at radius 1 is 1.06 bits per heavy atom. The lowest BCUT2D eigenvalue weighted by Gasteiger charge is -2.39. The SMILES string of the molecule is CCOC(=O)N1c2ccc(OC)nc2[C@@H](Nc2ncc(OC3CCOC3=O)c(Cc3cc(C(F)(F)F)cc(C(F)(F)F)c3)n2)C[C@H]1CC. The Balaban J connectivity index is 1.55. The molecule has 0 aliphatic carbocycles. The fourth-order valence-electron chi connectivity index (χ4n) is 5.53. The number of amides is 1. The van der Waals surface area contributed by atoms with Crippen LogP contribution in [-0.2, 0) is 33.0 Å². The number of fused-ring (bicyclic) bond motifs is 1. The number of pyridine rings is 1. The highest BCUT2D eigenvalue weighted by atomic mass is 19.4. The monoisotopic (exact) mass is 683 g/mol. The Morgan fingerprint density at radius 3 is 2.35 bits per heavy atom. The Kier molecular flexibility index (Phi) is 9.86. The van der Waals surface area contributed by atoms with Crippen molar-refractivity contribution in [1.29, 1.82) is 0 Å². The molecular weight excluding hydrogens is 652 g/mol. The number of nitrogens with one attached hydrogen (secondary N) is 1. The zero-order valence-corrected chi connectivity index (χ0v) is 25.9. The van der Waals surface area contributed by atoms with Crippen molar-refractivity contribution in [2.45, 2.75) is 70.1 Å². The fraction of sp³-hybridized carbons (Fsp3) is 0.452. The minimum atomic E-state index is -5.06. The quantitative estimate of drug-likeness (QED) is 0.197. The number of carbonyl (C=O) groups excluding carboxylic acids is 2. The van der Waals surface area contributed by atoms with E-state index < -0.39 is 54.1 Å². The van der Waals surface area contributed by atoms with Gasteiger partial charge in [0.2, 0.25) is 11.8 Å². The lowest BCUT2D eigenvalue weighted by Crippen LogP contribution is -2.46. The molecule has 5 rings (SSSR count). The summed E-state index contributed by atoms with van der Waals surface area (Å²) in [5, 5.41) is 3.15. The molecule has 1 unspecified atom stereocenters. The van der Waals surface area contributed by atoms with E-state index in [1.54, 1.807) is 19.1 Å². The zero-order valence-electron chi connectivity index (χ0n) is 25.9. The van der Waals surface area contributed by atoms with Crippen LogP contribution in [0.15, 0.2) is 36.5 Å². The normalized spacial score (nSPS) is 19.4. The Bertz CT molecular complexity index is 1640. The third kappa shape index (κ3) is 7.49. The van der Waals surface area contributed by atoms with Gasteiger partial charge in [0.15, 0.2) is 11.9 Å². The largest absolute Gasteiger partial charge is 0.481 e. The minimum absolute atomic E-state index is 0.0356. The van der Waals surface area contributed by atoms with Crippen molar-refractivity contribution in [1.82, 2.24) is 15.0 Å². The van der Waals surface area contributed by atoms with Gasteiger partial charge in [-0.3, -0.25) is 4.90 Å². The molecule has 1 saturated heterocycles. The van der Waals surface area contributed by atoms with Crippen molar-refractivity contribution in [3.8, 4) is 11.6 Å². The van der Waals surface area contributed by atoms with Crippen LogP contribution in [0.1, 0.15) is 67.2 Å². The van der Waals surface area contributed by atoms with Crippen molar-refractivity contribution in [2.75, 3.05) is 30.5 Å². The van der Waals surface area contributed by atoms with Crippen LogP contribution in [0, 0.1) is 0 Å². The average molecular weight is 684 g/mol. The second-order valence-electron chi connectivity index (χ2n) is 11.0. The van der Waals surface area contributed by atoms with Crippen LogP contribution < -0.4 is 19.7 Å². The molecule has 2 aliphatic heterocycles. The molecule has 2 aliphatic rings. The number of aromatic nitrogens is 3. The maximum Gasteiger partial charge on any atom is 0.416 e. The third-order valence-corrected chi connectivity index (χ3v) is 7.79. The van der Waals surface area contributed by atoms with E-state index in [2.05, 4.69) is 20.3 Å². The summed E-state index contributed by atoms with van der Waals surface area (Å²) in [6.45, 7) is 3.78. The van der Waals surface area contributed by atoms with Crippen LogP contribution in [0.4, 0.5) is 42.8 Å². The Morgan fingerprint density at radius 2 is 1.77 bits per heavy atom. The molecule has 1 amide bonds. The van der Waals surface area contributed by atoms with E-state index in [1.165, 1.54) is 18.2 Å². The second kappa shape index (κ2) is 13.7. The molecule has 0 bridgehead atoms. The molecule has 3 atom stereocenters. The summed E-state index contributed by atoms with van der Waals surface area (Å²) >= 11 is 0. The number of hydrogen-bond donors (Lipinski definition) is 1. The van der Waals surface area contributed by atoms with Crippen LogP contribution in [-0.4, -0.2) is 59.5 Å². The second-order valence-corrected chi connectivity index (χ2v) is 11.0. The maximum atomic E-state index is 13.6. The molecule has 11 nitrogen and oxygen atoms in total. The first kappa shape index (κ1) is 34.5. The molecule has 0 saturated carbocycles. The van der Waals surface area contributed by atoms with Gasteiger partial charge in [0, 0.05) is 24.9 Å². The lowest BCUT2D eigenvalue weighted by molar-refractivity contribution is -0.144. The molecule has 2 aromatic heterocycles. The first-order chi connectivity index (χ1) is 22.7. The van der Waals surface area contributed by atoms with E-state index in [1.807, 2.05) is 6.92 Å². The molecule has 4 heterocycles. The van der Waals surface area contributed by atoms with Crippen molar-refractivity contribution in [3.05, 3.63) is 64.6 Å². The lowest BCUT2D eigenvalue weighted by atomic mass is 9.93. The van der Waals surface area contributed by atoms with Gasteiger partial charge in [0.05, 0.1) is 60.8 Å². The molecule has 0 radical (unpaired) electrons. The van der Waals surface area contributed by atoms with Gasteiger partial charge < -0.3 is 24.3 Å². The van der Waals surface area contributed by atoms with Crippen molar-refractivity contribution in [2.24, 2.45) is 0 Å². The van der Waals surface area contributed by atoms with E-state index in [9.17, 15) is 35.9 Å². The van der Waals surface area contributed by atoms with E-state index in [0.717, 1.165) is 0 Å². The van der Waals surface area contributed by atoms with Crippen molar-refractivity contribution in [3.63, 3.8) is 0 Å². The number of hydrogen-bond acceptors (Lipinski definition) is 10. The Labute approximate surface area is 270 Å². The van der Waals surface area contributed by atoms with Gasteiger partial charge in [0.25, 0.3) is 0 Å². The first-order valence-electron chi connectivity index (χ1n) is 15.0. The number of halogens is 6. The highest BCUT2D eigenvalue weighted by Crippen LogP contribution is 2.41. The summed E-state index contributed by atoms with van der Waals surface area (Å²) in [6, 6.07) is 3.49. The van der Waals surface area contributed by atoms with Crippen molar-refractivity contribution < 1.29 is 54.9 Å². The summed E-state index contributed by atoms with van der Waals surface area (Å²) in [5.74, 6) is -0.621. The van der Waals surface area contributed by atoms with Gasteiger partial charge in [-0.25, -0.2) is 24.5 Å². The number of ether oxygens (including phenoxy) is 4. The molecular formula is C31H31F6N5O6. The molecule has 1 fully saturated rings. The Hall–Kier alpha value is -4.83. The highest BCUT2D eigenvalue weighted by Gasteiger charge is 2.39. The number of esters is 1. The molecule has 1 N–H and O–H groups in total. The number of benzene rings is 1. The van der Waals surface area contributed by atoms with Crippen molar-refractivity contribution >= 4 is 23.7 Å². The molecule has 48 heavy (non-hydrogen) atoms. The van der Waals surface area contributed by atoms with Gasteiger partial charge in [-0.05, 0) is 49.6 Å². The number of cyclic esters (lactones) is 1. The predicted octanol–water partition coefficient (Wildman–Crippen LogP) is 6.50. The zero-order chi connectivity index (χ0) is 34.8. The molecule has 1 aromatic carbocycles. The van der Waals surface area contributed by atoms with Gasteiger partial charge in [-0.15, -0.1) is 0 Å². The van der Waals surface area contributed by atoms with Crippen LogP contribution in [0.3, 0.4) is 0 Å². The van der Waals surface area contributed by atoms with Crippen LogP contribution in [0.5, 0.6) is 11.6 Å². The summed E-state index contributed by atoms with van der Waals surface area (Å²) < 4.78 is 103. The number of anilines is 2. The summed E-state index contributed by atoms with van der Waals surface area (Å²) in [5.41, 5.74) is -2.60. The highest BCUT2D eigenvalue weighted by molar-refractivity contribution is 5.90. The summed E-state index contributed by atoms with van der Waals surface area (Å²) in [4.78, 5) is 39.8. The van der Waals surface area contributed by atoms with Gasteiger partial charge in [-0.1, -0.05) is 6.92 Å². The van der Waals surface area contributed by atoms with E-state index in [-0.39, 0.29) is 60.6 Å². The number of carbonyl (C=O) groups is 2. The summed E-state index contributed by atoms with van der Waals surface area (Å²) in [7, 11) is 1.42. The average Bonchev–Trinajstić information content (AvgIpc) is 3.44. The van der Waals surface area contributed by atoms with E-state index in [0.29, 0.717) is 36.4 Å². The van der Waals surface area contributed by atoms with Gasteiger partial charge >= 0.3 is 24.4 Å². The number of nitrogens with zero attached hydrogens (tertiary/aromatic N) is 4. The fourth-order valence-corrected chi connectivity index (χ4v) is 5.53. The van der Waals surface area contributed by atoms with Gasteiger partial charge in [0.1, 0.15) is 0 Å². The first-order valence-corrected chi connectivity index (χ1v) is 15.0. The maximum absolute atomic E-state index is 13.6. The topological polar surface area (TPSA) is 125 Å². The number of methoxy groups -OCH3 is 1. The number of alkyl halides is 6.